The van der Waals surface area contributed by atoms with Gasteiger partial charge in [-0.25, -0.2) is 4.98 Å². The fraction of sp³-hybridized carbons (Fsp3) is 0.214. The molecule has 10 heteroatoms. The monoisotopic (exact) mass is 510 g/mol. The molecule has 0 fully saturated rings. The van der Waals surface area contributed by atoms with Crippen LogP contribution in [0.15, 0.2) is 53.7 Å². The molecule has 5 rings (SSSR count). The van der Waals surface area contributed by atoms with E-state index in [-0.39, 0.29) is 0 Å². The van der Waals surface area contributed by atoms with E-state index in [1.54, 1.807) is 40.7 Å². The maximum atomic E-state index is 9.51. The number of nitrogens with zero attached hydrogens (tertiary/aromatic N) is 6. The van der Waals surface area contributed by atoms with E-state index in [1.807, 2.05) is 59.6 Å². The lowest BCUT2D eigenvalue weighted by molar-refractivity contribution is 0.324. The van der Waals surface area contributed by atoms with Crippen molar-refractivity contribution in [2.45, 2.75) is 6.92 Å². The van der Waals surface area contributed by atoms with Crippen LogP contribution in [0.5, 0.6) is 23.1 Å². The molecule has 0 bridgehead atoms. The fourth-order valence-corrected chi connectivity index (χ4v) is 4.71. The highest BCUT2D eigenvalue weighted by Crippen LogP contribution is 2.42. The zero-order valence-corrected chi connectivity index (χ0v) is 21.9. The molecule has 0 aliphatic carbocycles. The SMILES string of the molecule is COc1ccc(-n2c(=NC#N)n(C)c3cnc4ccc(-c5cc(OC)c(OC)c(OC)c5)cc4c32)c(C)n1. The minimum absolute atomic E-state index is 0.449. The number of methoxy groups -OCH3 is 4. The number of hydrogen-bond donors (Lipinski definition) is 0. The van der Waals surface area contributed by atoms with E-state index >= 15 is 0 Å². The van der Waals surface area contributed by atoms with Gasteiger partial charge in [-0.05, 0) is 48.4 Å². The number of benzene rings is 2. The molecule has 10 nitrogen and oxygen atoms in total. The predicted octanol–water partition coefficient (Wildman–Crippen LogP) is 4.30. The lowest BCUT2D eigenvalue weighted by Crippen LogP contribution is -2.23. The van der Waals surface area contributed by atoms with Crippen molar-refractivity contribution in [2.75, 3.05) is 28.4 Å². The second-order valence-electron chi connectivity index (χ2n) is 8.50. The topological polar surface area (TPSA) is 109 Å². The van der Waals surface area contributed by atoms with Crippen molar-refractivity contribution in [3.8, 4) is 46.1 Å². The summed E-state index contributed by atoms with van der Waals surface area (Å²) in [6, 6.07) is 13.5. The first-order chi connectivity index (χ1) is 18.4. The number of imidazole rings is 1. The van der Waals surface area contributed by atoms with E-state index < -0.39 is 0 Å². The quantitative estimate of drug-likeness (QED) is 0.313. The van der Waals surface area contributed by atoms with Crippen LogP contribution in [0.4, 0.5) is 0 Å². The molecule has 0 N–H and O–H groups in total. The molecule has 38 heavy (non-hydrogen) atoms. The first-order valence-electron chi connectivity index (χ1n) is 11.7. The summed E-state index contributed by atoms with van der Waals surface area (Å²) in [7, 11) is 8.19. The molecular formula is C28H26N6O4. The van der Waals surface area contributed by atoms with Crippen molar-refractivity contribution >= 4 is 21.9 Å². The second kappa shape index (κ2) is 9.78. The van der Waals surface area contributed by atoms with E-state index in [2.05, 4.69) is 16.0 Å². The first kappa shape index (κ1) is 24.6. The summed E-state index contributed by atoms with van der Waals surface area (Å²) in [5.74, 6) is 2.14. The summed E-state index contributed by atoms with van der Waals surface area (Å²) in [4.78, 5) is 13.4. The van der Waals surface area contributed by atoms with Gasteiger partial charge in [-0.2, -0.15) is 5.26 Å². The molecule has 2 aromatic carbocycles. The highest BCUT2D eigenvalue weighted by Gasteiger charge is 2.19. The molecule has 0 radical (unpaired) electrons. The Bertz CT molecular complexity index is 1790. The van der Waals surface area contributed by atoms with Gasteiger partial charge in [-0.1, -0.05) is 6.07 Å². The summed E-state index contributed by atoms with van der Waals surface area (Å²) < 4.78 is 25.7. The van der Waals surface area contributed by atoms with E-state index in [9.17, 15) is 5.26 Å². The van der Waals surface area contributed by atoms with Crippen molar-refractivity contribution < 1.29 is 18.9 Å². The average molecular weight is 511 g/mol. The minimum atomic E-state index is 0.449. The van der Waals surface area contributed by atoms with Crippen LogP contribution in [0.1, 0.15) is 5.69 Å². The van der Waals surface area contributed by atoms with Gasteiger partial charge in [0.25, 0.3) is 0 Å². The molecule has 0 aliphatic rings. The highest BCUT2D eigenvalue weighted by atomic mass is 16.5. The number of aromatic nitrogens is 4. The first-order valence-corrected chi connectivity index (χ1v) is 11.7. The maximum Gasteiger partial charge on any atom is 0.226 e. The zero-order valence-electron chi connectivity index (χ0n) is 21.9. The lowest BCUT2D eigenvalue weighted by atomic mass is 10.0. The standard InChI is InChI=1S/C28H26N6O4/c1-16-21(9-10-25(32-16)37-5)34-26-19-11-17(18-12-23(35-3)27(38-6)24(13-18)36-4)7-8-20(19)30-14-22(26)33(2)28(34)31-15-29/h7-14H,1-6H3. The van der Waals surface area contributed by atoms with E-state index in [0.29, 0.717) is 28.7 Å². The average Bonchev–Trinajstić information content (AvgIpc) is 3.23. The molecule has 0 saturated carbocycles. The number of hydrogen-bond acceptors (Lipinski definition) is 8. The molecule has 3 aromatic heterocycles. The Morgan fingerprint density at radius 2 is 1.63 bits per heavy atom. The number of ether oxygens (including phenoxy) is 4. The van der Waals surface area contributed by atoms with Crippen LogP contribution < -0.4 is 24.6 Å². The third kappa shape index (κ3) is 3.85. The Labute approximate surface area is 218 Å². The van der Waals surface area contributed by atoms with Crippen LogP contribution in [-0.2, 0) is 7.05 Å². The number of aryl methyl sites for hydroxylation is 2. The van der Waals surface area contributed by atoms with Gasteiger partial charge in [0.05, 0.1) is 62.6 Å². The molecular weight excluding hydrogens is 484 g/mol. The van der Waals surface area contributed by atoms with Gasteiger partial charge in [0.2, 0.25) is 23.4 Å². The minimum Gasteiger partial charge on any atom is -0.493 e. The predicted molar refractivity (Wildman–Crippen MR) is 143 cm³/mol. The van der Waals surface area contributed by atoms with Crippen LogP contribution in [0.3, 0.4) is 0 Å². The van der Waals surface area contributed by atoms with E-state index in [0.717, 1.165) is 44.4 Å². The van der Waals surface area contributed by atoms with Crippen molar-refractivity contribution in [1.82, 2.24) is 19.1 Å². The summed E-state index contributed by atoms with van der Waals surface area (Å²) in [5.41, 5.74) is 6.19. The Morgan fingerprint density at radius 3 is 2.24 bits per heavy atom. The lowest BCUT2D eigenvalue weighted by Gasteiger charge is -2.15. The smallest absolute Gasteiger partial charge is 0.226 e. The molecule has 5 aromatic rings. The molecule has 0 atom stereocenters. The molecule has 3 heterocycles. The second-order valence-corrected chi connectivity index (χ2v) is 8.50. The van der Waals surface area contributed by atoms with Crippen LogP contribution in [0.25, 0.3) is 38.8 Å². The summed E-state index contributed by atoms with van der Waals surface area (Å²) in [5, 5.41) is 10.4. The van der Waals surface area contributed by atoms with Gasteiger partial charge < -0.3 is 23.5 Å². The summed E-state index contributed by atoms with van der Waals surface area (Å²) in [6.07, 6.45) is 3.73. The molecule has 192 valence electrons. The molecule has 0 amide bonds. The van der Waals surface area contributed by atoms with Crippen molar-refractivity contribution in [3.63, 3.8) is 0 Å². The third-order valence-electron chi connectivity index (χ3n) is 6.54. The number of pyridine rings is 2. The number of fused-ring (bicyclic) bond motifs is 3. The van der Waals surface area contributed by atoms with Gasteiger partial charge >= 0.3 is 0 Å². The maximum absolute atomic E-state index is 9.51. The van der Waals surface area contributed by atoms with Crippen LogP contribution >= 0.6 is 0 Å². The van der Waals surface area contributed by atoms with Crippen LogP contribution in [-0.4, -0.2) is 47.5 Å². The van der Waals surface area contributed by atoms with Crippen molar-refractivity contribution in [3.05, 3.63) is 60.0 Å². The normalized spacial score (nSPS) is 11.6. The molecule has 0 saturated heterocycles. The van der Waals surface area contributed by atoms with Crippen molar-refractivity contribution in [2.24, 2.45) is 12.0 Å². The van der Waals surface area contributed by atoms with Crippen LogP contribution in [0.2, 0.25) is 0 Å². The van der Waals surface area contributed by atoms with Crippen molar-refractivity contribution in [1.29, 1.82) is 5.26 Å². The number of rotatable bonds is 6. The largest absolute Gasteiger partial charge is 0.493 e. The van der Waals surface area contributed by atoms with E-state index in [4.69, 9.17) is 23.9 Å². The summed E-state index contributed by atoms with van der Waals surface area (Å²) in [6.45, 7) is 1.89. The third-order valence-corrected chi connectivity index (χ3v) is 6.54. The highest BCUT2D eigenvalue weighted by molar-refractivity contribution is 6.04. The fourth-order valence-electron chi connectivity index (χ4n) is 4.71. The molecule has 0 spiro atoms. The van der Waals surface area contributed by atoms with E-state index in [1.165, 1.54) is 0 Å². The Kier molecular flexibility index (Phi) is 6.34. The van der Waals surface area contributed by atoms with Gasteiger partial charge in [0.1, 0.15) is 0 Å². The zero-order chi connectivity index (χ0) is 27.0. The molecule has 0 unspecified atom stereocenters. The molecule has 0 aliphatic heterocycles. The van der Waals surface area contributed by atoms with Gasteiger partial charge in [-0.3, -0.25) is 9.55 Å². The van der Waals surface area contributed by atoms with Gasteiger partial charge in [-0.15, -0.1) is 4.99 Å². The van der Waals surface area contributed by atoms with Gasteiger partial charge in [0, 0.05) is 18.5 Å². The van der Waals surface area contributed by atoms with Crippen LogP contribution in [0, 0.1) is 18.4 Å². The Morgan fingerprint density at radius 1 is 0.895 bits per heavy atom. The Balaban J connectivity index is 1.87. The summed E-state index contributed by atoms with van der Waals surface area (Å²) >= 11 is 0. The van der Waals surface area contributed by atoms with Gasteiger partial charge in [0.15, 0.2) is 11.5 Å². The Hall–Kier alpha value is -5.04. The number of nitriles is 1.